The van der Waals surface area contributed by atoms with Gasteiger partial charge < -0.3 is 9.47 Å². The number of aromatic nitrogens is 2. The molecule has 0 fully saturated rings. The first-order valence-electron chi connectivity index (χ1n) is 5.78. The molecule has 0 radical (unpaired) electrons. The molecule has 0 atom stereocenters. The highest BCUT2D eigenvalue weighted by atomic mass is 16.6. The molecular weight excluding hydrogens is 236 g/mol. The third kappa shape index (κ3) is 4.12. The Hall–Kier alpha value is -1.98. The summed E-state index contributed by atoms with van der Waals surface area (Å²) in [5.41, 5.74) is 0. The van der Waals surface area contributed by atoms with Crippen LogP contribution in [-0.2, 0) is 25.5 Å². The molecule has 0 saturated heterocycles. The highest BCUT2D eigenvalue weighted by Gasteiger charge is 2.30. The van der Waals surface area contributed by atoms with Gasteiger partial charge in [-0.3, -0.25) is 9.59 Å². The van der Waals surface area contributed by atoms with E-state index < -0.39 is 17.9 Å². The van der Waals surface area contributed by atoms with E-state index in [4.69, 9.17) is 9.47 Å². The first-order chi connectivity index (χ1) is 8.69. The Morgan fingerprint density at radius 1 is 1.11 bits per heavy atom. The van der Waals surface area contributed by atoms with Crippen molar-refractivity contribution in [2.24, 2.45) is 5.92 Å². The topological polar surface area (TPSA) is 78.4 Å². The molecular formula is C12H16N2O4. The van der Waals surface area contributed by atoms with Crippen LogP contribution in [0.1, 0.15) is 19.7 Å². The van der Waals surface area contributed by atoms with E-state index in [1.807, 2.05) is 0 Å². The summed E-state index contributed by atoms with van der Waals surface area (Å²) in [5.74, 6) is -1.82. The molecule has 0 aliphatic carbocycles. The minimum atomic E-state index is -1.01. The van der Waals surface area contributed by atoms with E-state index in [1.54, 1.807) is 32.3 Å². The van der Waals surface area contributed by atoms with E-state index in [9.17, 15) is 9.59 Å². The lowest BCUT2D eigenvalue weighted by atomic mass is 10.1. The van der Waals surface area contributed by atoms with Gasteiger partial charge in [0.1, 0.15) is 5.82 Å². The molecule has 0 bridgehead atoms. The molecule has 98 valence electrons. The smallest absolute Gasteiger partial charge is 0.320 e. The summed E-state index contributed by atoms with van der Waals surface area (Å²) in [4.78, 5) is 31.3. The molecule has 6 heteroatoms. The molecule has 18 heavy (non-hydrogen) atoms. The predicted octanol–water partition coefficient (Wildman–Crippen LogP) is 0.761. The Morgan fingerprint density at radius 3 is 2.06 bits per heavy atom. The number of carbonyl (C=O) groups is 2. The largest absolute Gasteiger partial charge is 0.465 e. The van der Waals surface area contributed by atoms with Gasteiger partial charge in [0, 0.05) is 18.8 Å². The second-order valence-corrected chi connectivity index (χ2v) is 3.43. The second-order valence-electron chi connectivity index (χ2n) is 3.43. The summed E-state index contributed by atoms with van der Waals surface area (Å²) in [6.45, 7) is 3.78. The van der Waals surface area contributed by atoms with Crippen molar-refractivity contribution >= 4 is 11.9 Å². The van der Waals surface area contributed by atoms with Crippen molar-refractivity contribution in [1.82, 2.24) is 9.97 Å². The number of nitrogens with zero attached hydrogens (tertiary/aromatic N) is 2. The summed E-state index contributed by atoms with van der Waals surface area (Å²) < 4.78 is 9.70. The van der Waals surface area contributed by atoms with Crippen molar-refractivity contribution in [3.8, 4) is 0 Å². The van der Waals surface area contributed by atoms with Crippen LogP contribution in [0.25, 0.3) is 0 Å². The predicted molar refractivity (Wildman–Crippen MR) is 62.5 cm³/mol. The standard InChI is InChI=1S/C12H16N2O4/c1-3-17-11(15)9(12(16)18-4-2)8-10-13-6-5-7-14-10/h5-7,9H,3-4,8H2,1-2H3. The van der Waals surface area contributed by atoms with Crippen LogP contribution in [0.2, 0.25) is 0 Å². The van der Waals surface area contributed by atoms with E-state index >= 15 is 0 Å². The molecule has 0 saturated carbocycles. The van der Waals surface area contributed by atoms with E-state index in [0.717, 1.165) is 0 Å². The minimum absolute atomic E-state index is 0.0819. The van der Waals surface area contributed by atoms with Gasteiger partial charge in [-0.25, -0.2) is 9.97 Å². The monoisotopic (exact) mass is 252 g/mol. The van der Waals surface area contributed by atoms with Crippen molar-refractivity contribution in [3.05, 3.63) is 24.3 Å². The lowest BCUT2D eigenvalue weighted by Crippen LogP contribution is -2.30. The fourth-order valence-electron chi connectivity index (χ4n) is 1.37. The first kappa shape index (κ1) is 14.1. The maximum atomic E-state index is 11.7. The van der Waals surface area contributed by atoms with Crippen LogP contribution in [0.5, 0.6) is 0 Å². The van der Waals surface area contributed by atoms with Crippen molar-refractivity contribution in [2.75, 3.05) is 13.2 Å². The van der Waals surface area contributed by atoms with E-state index in [0.29, 0.717) is 5.82 Å². The summed E-state index contributed by atoms with van der Waals surface area (Å²) in [6.07, 6.45) is 3.18. The number of carbonyl (C=O) groups excluding carboxylic acids is 2. The van der Waals surface area contributed by atoms with Crippen LogP contribution < -0.4 is 0 Å². The zero-order chi connectivity index (χ0) is 13.4. The lowest BCUT2D eigenvalue weighted by molar-refractivity contribution is -0.161. The average molecular weight is 252 g/mol. The van der Waals surface area contributed by atoms with Crippen LogP contribution >= 0.6 is 0 Å². The zero-order valence-corrected chi connectivity index (χ0v) is 10.5. The van der Waals surface area contributed by atoms with Crippen molar-refractivity contribution < 1.29 is 19.1 Å². The zero-order valence-electron chi connectivity index (χ0n) is 10.5. The summed E-state index contributed by atoms with van der Waals surface area (Å²) in [7, 11) is 0. The van der Waals surface area contributed by atoms with E-state index in [1.165, 1.54) is 0 Å². The fourth-order valence-corrected chi connectivity index (χ4v) is 1.37. The maximum Gasteiger partial charge on any atom is 0.320 e. The van der Waals surface area contributed by atoms with Crippen molar-refractivity contribution in [1.29, 1.82) is 0 Å². The summed E-state index contributed by atoms with van der Waals surface area (Å²) in [6, 6.07) is 1.66. The van der Waals surface area contributed by atoms with Gasteiger partial charge in [0.25, 0.3) is 0 Å². The Balaban J connectivity index is 2.77. The highest BCUT2D eigenvalue weighted by molar-refractivity contribution is 5.95. The van der Waals surface area contributed by atoms with Gasteiger partial charge in [0.05, 0.1) is 13.2 Å². The van der Waals surface area contributed by atoms with E-state index in [-0.39, 0.29) is 19.6 Å². The number of hydrogen-bond acceptors (Lipinski definition) is 6. The third-order valence-corrected chi connectivity index (χ3v) is 2.15. The van der Waals surface area contributed by atoms with Gasteiger partial charge >= 0.3 is 11.9 Å². The third-order valence-electron chi connectivity index (χ3n) is 2.15. The number of esters is 2. The van der Waals surface area contributed by atoms with Crippen LogP contribution in [-0.4, -0.2) is 35.1 Å². The van der Waals surface area contributed by atoms with Gasteiger partial charge in [-0.15, -0.1) is 0 Å². The summed E-state index contributed by atoms with van der Waals surface area (Å²) in [5, 5.41) is 0. The van der Waals surface area contributed by atoms with Crippen LogP contribution in [0.15, 0.2) is 18.5 Å². The normalized spacial score (nSPS) is 10.2. The Bertz CT molecular complexity index is 376. The molecule has 0 N–H and O–H groups in total. The number of hydrogen-bond donors (Lipinski definition) is 0. The lowest BCUT2D eigenvalue weighted by Gasteiger charge is -2.13. The molecule has 0 spiro atoms. The first-order valence-corrected chi connectivity index (χ1v) is 5.78. The van der Waals surface area contributed by atoms with Crippen molar-refractivity contribution in [3.63, 3.8) is 0 Å². The molecule has 1 aromatic heterocycles. The Kier molecular flexibility index (Phi) is 5.76. The summed E-state index contributed by atoms with van der Waals surface area (Å²) >= 11 is 0. The average Bonchev–Trinajstić information content (AvgIpc) is 2.37. The minimum Gasteiger partial charge on any atom is -0.465 e. The van der Waals surface area contributed by atoms with Crippen LogP contribution in [0, 0.1) is 5.92 Å². The van der Waals surface area contributed by atoms with E-state index in [2.05, 4.69) is 9.97 Å². The van der Waals surface area contributed by atoms with Gasteiger partial charge in [-0.2, -0.15) is 0 Å². The van der Waals surface area contributed by atoms with Crippen molar-refractivity contribution in [2.45, 2.75) is 20.3 Å². The molecule has 0 aromatic carbocycles. The van der Waals surface area contributed by atoms with Gasteiger partial charge in [-0.05, 0) is 19.9 Å². The fraction of sp³-hybridized carbons (Fsp3) is 0.500. The highest BCUT2D eigenvalue weighted by Crippen LogP contribution is 2.09. The Labute approximate surface area is 105 Å². The molecule has 0 unspecified atom stereocenters. The quantitative estimate of drug-likeness (QED) is 0.549. The molecule has 0 amide bonds. The van der Waals surface area contributed by atoms with Gasteiger partial charge in [-0.1, -0.05) is 0 Å². The number of rotatable bonds is 6. The molecule has 6 nitrogen and oxygen atoms in total. The number of ether oxygens (including phenoxy) is 2. The Morgan fingerprint density at radius 2 is 1.61 bits per heavy atom. The second kappa shape index (κ2) is 7.37. The maximum absolute atomic E-state index is 11.7. The van der Waals surface area contributed by atoms with Gasteiger partial charge in [0.2, 0.25) is 0 Å². The molecule has 0 aliphatic rings. The molecule has 1 rings (SSSR count). The molecule has 0 aliphatic heterocycles. The molecule has 1 aromatic rings. The van der Waals surface area contributed by atoms with Crippen LogP contribution in [0.4, 0.5) is 0 Å². The van der Waals surface area contributed by atoms with Gasteiger partial charge in [0.15, 0.2) is 5.92 Å². The van der Waals surface area contributed by atoms with Crippen LogP contribution in [0.3, 0.4) is 0 Å². The molecule has 1 heterocycles. The SMILES string of the molecule is CCOC(=O)C(Cc1ncccn1)C(=O)OCC.